The number of aldehydes is 1. The first-order valence-electron chi connectivity index (χ1n) is 10.5. The van der Waals surface area contributed by atoms with Gasteiger partial charge in [-0.15, -0.1) is 0 Å². The van der Waals surface area contributed by atoms with Crippen molar-refractivity contribution in [1.29, 1.82) is 0 Å². The van der Waals surface area contributed by atoms with Crippen LogP contribution in [0.4, 0.5) is 5.13 Å². The Kier molecular flexibility index (Phi) is 8.21. The Labute approximate surface area is 194 Å². The molecule has 1 aliphatic rings. The van der Waals surface area contributed by atoms with Crippen molar-refractivity contribution < 1.29 is 23.9 Å². The summed E-state index contributed by atoms with van der Waals surface area (Å²) in [7, 11) is 0. The van der Waals surface area contributed by atoms with Crippen LogP contribution in [-0.4, -0.2) is 71.6 Å². The minimum absolute atomic E-state index is 0.0632. The number of rotatable bonds is 9. The van der Waals surface area contributed by atoms with Crippen LogP contribution in [-0.2, 0) is 15.9 Å². The molecule has 2 N–H and O–H groups in total. The SMILES string of the molecule is CCOC(=O)c1sc(N2CC[C@H](NC(=O)c3nc(Cl)c(CC)[nH]3)[C@H](OCC)C2)nc1C=O. The zero-order valence-corrected chi connectivity index (χ0v) is 19.7. The Morgan fingerprint density at radius 2 is 2.09 bits per heavy atom. The fourth-order valence-electron chi connectivity index (χ4n) is 3.48. The molecule has 174 valence electrons. The molecule has 10 nitrogen and oxygen atoms in total. The van der Waals surface area contributed by atoms with Gasteiger partial charge in [-0.3, -0.25) is 9.59 Å². The summed E-state index contributed by atoms with van der Waals surface area (Å²) in [5.74, 6) is -0.749. The van der Waals surface area contributed by atoms with Crippen LogP contribution in [0.1, 0.15) is 63.7 Å². The number of nitrogens with one attached hydrogen (secondary N) is 2. The lowest BCUT2D eigenvalue weighted by Gasteiger charge is -2.38. The Morgan fingerprint density at radius 1 is 1.31 bits per heavy atom. The maximum Gasteiger partial charge on any atom is 0.350 e. The molecule has 0 spiro atoms. The Balaban J connectivity index is 1.72. The van der Waals surface area contributed by atoms with Gasteiger partial charge in [0, 0.05) is 19.7 Å². The van der Waals surface area contributed by atoms with E-state index in [1.54, 1.807) is 6.92 Å². The Bertz CT molecular complexity index is 978. The van der Waals surface area contributed by atoms with E-state index < -0.39 is 5.97 Å². The first-order chi connectivity index (χ1) is 15.4. The molecule has 3 heterocycles. The molecule has 1 fully saturated rings. The number of imidazole rings is 1. The Morgan fingerprint density at radius 3 is 2.72 bits per heavy atom. The number of H-pyrrole nitrogens is 1. The van der Waals surface area contributed by atoms with E-state index >= 15 is 0 Å². The summed E-state index contributed by atoms with van der Waals surface area (Å²) < 4.78 is 10.9. The molecule has 0 aliphatic carbocycles. The smallest absolute Gasteiger partial charge is 0.350 e. The van der Waals surface area contributed by atoms with Gasteiger partial charge >= 0.3 is 5.97 Å². The fraction of sp³-hybridized carbons (Fsp3) is 0.550. The molecule has 0 bridgehead atoms. The van der Waals surface area contributed by atoms with E-state index in [4.69, 9.17) is 21.1 Å². The summed E-state index contributed by atoms with van der Waals surface area (Å²) in [5.41, 5.74) is 0.772. The predicted octanol–water partition coefficient (Wildman–Crippen LogP) is 2.49. The topological polar surface area (TPSA) is 127 Å². The number of aromatic nitrogens is 3. The summed E-state index contributed by atoms with van der Waals surface area (Å²) in [6.07, 6.45) is 1.46. The molecule has 12 heteroatoms. The molecule has 1 aliphatic heterocycles. The first kappa shape index (κ1) is 24.1. The number of piperidine rings is 1. The van der Waals surface area contributed by atoms with Gasteiger partial charge in [-0.1, -0.05) is 29.9 Å². The van der Waals surface area contributed by atoms with Crippen LogP contribution in [0.3, 0.4) is 0 Å². The van der Waals surface area contributed by atoms with Gasteiger partial charge in [-0.2, -0.15) is 0 Å². The highest BCUT2D eigenvalue weighted by Gasteiger charge is 2.34. The molecule has 0 aromatic carbocycles. The van der Waals surface area contributed by atoms with Crippen LogP contribution in [0.25, 0.3) is 0 Å². The number of halogens is 1. The molecular formula is C20H26ClN5O5S. The number of carbonyl (C=O) groups excluding carboxylic acids is 3. The van der Waals surface area contributed by atoms with Gasteiger partial charge in [0.25, 0.3) is 5.91 Å². The van der Waals surface area contributed by atoms with Crippen molar-refractivity contribution in [2.45, 2.75) is 45.8 Å². The van der Waals surface area contributed by atoms with Gasteiger partial charge in [-0.25, -0.2) is 14.8 Å². The number of hydrogen-bond acceptors (Lipinski definition) is 9. The molecule has 2 aromatic rings. The average Bonchev–Trinajstić information content (AvgIpc) is 3.38. The molecule has 0 unspecified atom stereocenters. The molecular weight excluding hydrogens is 458 g/mol. The second-order valence-corrected chi connectivity index (χ2v) is 8.40. The van der Waals surface area contributed by atoms with Crippen molar-refractivity contribution in [3.63, 3.8) is 0 Å². The quantitative estimate of drug-likeness (QED) is 0.411. The lowest BCUT2D eigenvalue weighted by Crippen LogP contribution is -2.55. The second kappa shape index (κ2) is 10.9. The number of aromatic amines is 1. The summed E-state index contributed by atoms with van der Waals surface area (Å²) >= 11 is 7.16. The van der Waals surface area contributed by atoms with E-state index in [9.17, 15) is 14.4 Å². The van der Waals surface area contributed by atoms with E-state index in [1.165, 1.54) is 0 Å². The van der Waals surface area contributed by atoms with Crippen LogP contribution < -0.4 is 10.2 Å². The van der Waals surface area contributed by atoms with Gasteiger partial charge in [0.1, 0.15) is 10.6 Å². The van der Waals surface area contributed by atoms with Crippen LogP contribution in [0.2, 0.25) is 5.15 Å². The van der Waals surface area contributed by atoms with Crippen LogP contribution >= 0.6 is 22.9 Å². The van der Waals surface area contributed by atoms with E-state index in [0.717, 1.165) is 11.3 Å². The third kappa shape index (κ3) is 5.28. The molecule has 32 heavy (non-hydrogen) atoms. The summed E-state index contributed by atoms with van der Waals surface area (Å²) in [4.78, 5) is 49.7. The standard InChI is InChI=1S/C20H26ClN5O5S/c1-4-11-16(21)25-17(22-11)18(28)23-12-7-8-26(9-14(12)30-5-2)20-24-13(10-27)15(32-20)19(29)31-6-3/h10,12,14H,4-9H2,1-3H3,(H,22,25)(H,23,28)/t12-,14+/m0/s1. The number of anilines is 1. The minimum atomic E-state index is -0.564. The molecule has 0 radical (unpaired) electrons. The van der Waals surface area contributed by atoms with E-state index in [1.807, 2.05) is 18.7 Å². The van der Waals surface area contributed by atoms with Gasteiger partial charge < -0.3 is 24.7 Å². The molecule has 1 saturated heterocycles. The van der Waals surface area contributed by atoms with E-state index in [-0.39, 0.29) is 41.1 Å². The van der Waals surface area contributed by atoms with E-state index in [2.05, 4.69) is 20.3 Å². The average molecular weight is 484 g/mol. The summed E-state index contributed by atoms with van der Waals surface area (Å²) in [5, 5.41) is 3.81. The Hall–Kier alpha value is -2.50. The van der Waals surface area contributed by atoms with Gasteiger partial charge in [0.15, 0.2) is 22.4 Å². The maximum atomic E-state index is 12.7. The van der Waals surface area contributed by atoms with Crippen molar-refractivity contribution >= 4 is 46.2 Å². The van der Waals surface area contributed by atoms with Crippen LogP contribution in [0.15, 0.2) is 0 Å². The van der Waals surface area contributed by atoms with Crippen molar-refractivity contribution in [3.05, 3.63) is 27.2 Å². The number of carbonyl (C=O) groups is 3. The number of esters is 1. The maximum absolute atomic E-state index is 12.7. The lowest BCUT2D eigenvalue weighted by atomic mass is 10.0. The second-order valence-electron chi connectivity index (χ2n) is 7.07. The molecule has 1 amide bonds. The van der Waals surface area contributed by atoms with Crippen molar-refractivity contribution in [3.8, 4) is 0 Å². The number of amides is 1. The van der Waals surface area contributed by atoms with Gasteiger partial charge in [0.2, 0.25) is 0 Å². The largest absolute Gasteiger partial charge is 0.462 e. The number of ether oxygens (including phenoxy) is 2. The minimum Gasteiger partial charge on any atom is -0.462 e. The monoisotopic (exact) mass is 483 g/mol. The van der Waals surface area contributed by atoms with Crippen molar-refractivity contribution in [2.75, 3.05) is 31.2 Å². The van der Waals surface area contributed by atoms with Gasteiger partial charge in [-0.05, 0) is 26.7 Å². The fourth-order valence-corrected chi connectivity index (χ4v) is 4.71. The number of hydrogen-bond donors (Lipinski definition) is 2. The third-order valence-corrected chi connectivity index (χ3v) is 6.46. The highest BCUT2D eigenvalue weighted by molar-refractivity contribution is 7.17. The zero-order valence-electron chi connectivity index (χ0n) is 18.1. The molecule has 3 rings (SSSR count). The normalized spacial score (nSPS) is 18.4. The lowest BCUT2D eigenvalue weighted by molar-refractivity contribution is 0.0271. The first-order valence-corrected chi connectivity index (χ1v) is 11.7. The van der Waals surface area contributed by atoms with Crippen molar-refractivity contribution in [2.24, 2.45) is 0 Å². The predicted molar refractivity (Wildman–Crippen MR) is 120 cm³/mol. The molecule has 0 saturated carbocycles. The van der Waals surface area contributed by atoms with Crippen molar-refractivity contribution in [1.82, 2.24) is 20.3 Å². The number of nitrogens with zero attached hydrogens (tertiary/aromatic N) is 3. The highest BCUT2D eigenvalue weighted by atomic mass is 35.5. The van der Waals surface area contributed by atoms with Crippen LogP contribution in [0.5, 0.6) is 0 Å². The highest BCUT2D eigenvalue weighted by Crippen LogP contribution is 2.29. The van der Waals surface area contributed by atoms with E-state index in [0.29, 0.717) is 54.8 Å². The summed E-state index contributed by atoms with van der Waals surface area (Å²) in [6, 6.07) is -0.248. The molecule has 2 aromatic heterocycles. The number of thiazole rings is 1. The van der Waals surface area contributed by atoms with Crippen LogP contribution in [0, 0.1) is 0 Å². The number of aryl methyl sites for hydroxylation is 1. The summed E-state index contributed by atoms with van der Waals surface area (Å²) in [6.45, 7) is 7.17. The zero-order chi connectivity index (χ0) is 23.3. The third-order valence-electron chi connectivity index (χ3n) is 5.04. The molecule has 2 atom stereocenters. The van der Waals surface area contributed by atoms with Gasteiger partial charge in [0.05, 0.1) is 24.4 Å².